The summed E-state index contributed by atoms with van der Waals surface area (Å²) in [7, 11) is 0. The first-order valence-corrected chi connectivity index (χ1v) is 7.19. The maximum Gasteiger partial charge on any atom is 0.273 e. The molecule has 0 bridgehead atoms. The van der Waals surface area contributed by atoms with Crippen molar-refractivity contribution in [2.45, 2.75) is 20.3 Å². The summed E-state index contributed by atoms with van der Waals surface area (Å²) >= 11 is 0. The van der Waals surface area contributed by atoms with Crippen molar-refractivity contribution in [2.75, 3.05) is 19.6 Å². The van der Waals surface area contributed by atoms with Gasteiger partial charge in [0.2, 0.25) is 0 Å². The number of hydrogen-bond donors (Lipinski definition) is 2. The second kappa shape index (κ2) is 9.17. The number of halogens is 1. The molecule has 1 amide bonds. The van der Waals surface area contributed by atoms with Gasteiger partial charge in [0.15, 0.2) is 5.69 Å². The van der Waals surface area contributed by atoms with E-state index < -0.39 is 0 Å². The maximum absolute atomic E-state index is 11.9. The van der Waals surface area contributed by atoms with E-state index in [0.717, 1.165) is 30.8 Å². The predicted octanol–water partition coefficient (Wildman–Crippen LogP) is 1.73. The Labute approximate surface area is 136 Å². The van der Waals surface area contributed by atoms with E-state index in [1.165, 1.54) is 0 Å². The average Bonchev–Trinajstić information content (AvgIpc) is 2.97. The van der Waals surface area contributed by atoms with Crippen molar-refractivity contribution in [3.05, 3.63) is 41.7 Å². The summed E-state index contributed by atoms with van der Waals surface area (Å²) in [5, 5.41) is 14.0. The molecule has 120 valence electrons. The molecule has 1 aromatic heterocycles. The molecule has 2 rings (SSSR count). The van der Waals surface area contributed by atoms with Crippen LogP contribution in [-0.2, 0) is 0 Å². The molecule has 0 unspecified atom stereocenters. The monoisotopic (exact) mass is 323 g/mol. The highest BCUT2D eigenvalue weighted by atomic mass is 35.5. The number of carbonyl (C=O) groups excluding carboxylic acids is 1. The number of hydrogen-bond acceptors (Lipinski definition) is 4. The van der Waals surface area contributed by atoms with E-state index in [9.17, 15) is 4.79 Å². The number of amides is 1. The van der Waals surface area contributed by atoms with Gasteiger partial charge in [-0.2, -0.15) is 0 Å². The molecular weight excluding hydrogens is 302 g/mol. The average molecular weight is 324 g/mol. The second-order valence-corrected chi connectivity index (χ2v) is 4.89. The molecule has 0 aliphatic rings. The van der Waals surface area contributed by atoms with Crippen LogP contribution in [0, 0.1) is 6.92 Å². The highest BCUT2D eigenvalue weighted by Gasteiger charge is 2.10. The quantitative estimate of drug-likeness (QED) is 0.761. The van der Waals surface area contributed by atoms with Gasteiger partial charge in [0.05, 0.1) is 11.9 Å². The Morgan fingerprint density at radius 3 is 2.82 bits per heavy atom. The summed E-state index contributed by atoms with van der Waals surface area (Å²) in [4.78, 5) is 11.9. The molecule has 1 aromatic carbocycles. The van der Waals surface area contributed by atoms with Gasteiger partial charge in [0, 0.05) is 13.1 Å². The molecule has 6 nitrogen and oxygen atoms in total. The molecule has 2 aromatic rings. The van der Waals surface area contributed by atoms with Gasteiger partial charge in [-0.3, -0.25) is 4.79 Å². The lowest BCUT2D eigenvalue weighted by molar-refractivity contribution is 0.0949. The third-order valence-corrected chi connectivity index (χ3v) is 3.01. The molecule has 0 spiro atoms. The summed E-state index contributed by atoms with van der Waals surface area (Å²) < 4.78 is 1.61. The molecule has 7 heteroatoms. The molecule has 0 fully saturated rings. The Kier molecular flexibility index (Phi) is 7.56. The third kappa shape index (κ3) is 5.13. The lowest BCUT2D eigenvalue weighted by Gasteiger charge is -2.03. The van der Waals surface area contributed by atoms with Crippen molar-refractivity contribution >= 4 is 18.3 Å². The first-order chi connectivity index (χ1) is 10.2. The number of rotatable bonds is 7. The van der Waals surface area contributed by atoms with Crippen molar-refractivity contribution in [1.82, 2.24) is 25.6 Å². The molecule has 0 aliphatic heterocycles. The van der Waals surface area contributed by atoms with Crippen LogP contribution in [0.3, 0.4) is 0 Å². The van der Waals surface area contributed by atoms with Crippen molar-refractivity contribution in [1.29, 1.82) is 0 Å². The fraction of sp³-hybridized carbons (Fsp3) is 0.400. The van der Waals surface area contributed by atoms with E-state index in [2.05, 4.69) is 27.9 Å². The Morgan fingerprint density at radius 2 is 2.09 bits per heavy atom. The highest BCUT2D eigenvalue weighted by Crippen LogP contribution is 2.09. The topological polar surface area (TPSA) is 71.8 Å². The molecule has 2 N–H and O–H groups in total. The lowest BCUT2D eigenvalue weighted by Crippen LogP contribution is -2.32. The maximum atomic E-state index is 11.9. The third-order valence-electron chi connectivity index (χ3n) is 3.01. The van der Waals surface area contributed by atoms with Gasteiger partial charge in [-0.15, -0.1) is 17.5 Å². The molecular formula is C15H22ClN5O. The minimum Gasteiger partial charge on any atom is -0.349 e. The van der Waals surface area contributed by atoms with Crippen molar-refractivity contribution < 1.29 is 4.79 Å². The summed E-state index contributed by atoms with van der Waals surface area (Å²) in [6, 6.07) is 7.88. The fourth-order valence-corrected chi connectivity index (χ4v) is 1.92. The summed E-state index contributed by atoms with van der Waals surface area (Å²) in [6.07, 6.45) is 2.72. The van der Waals surface area contributed by atoms with Crippen LogP contribution in [-0.4, -0.2) is 40.5 Å². The predicted molar refractivity (Wildman–Crippen MR) is 88.8 cm³/mol. The normalized spacial score (nSPS) is 10.1. The number of nitrogens with one attached hydrogen (secondary N) is 2. The number of aryl methyl sites for hydroxylation is 1. The lowest BCUT2D eigenvalue weighted by atomic mass is 10.2. The summed E-state index contributed by atoms with van der Waals surface area (Å²) in [6.45, 7) is 6.41. The van der Waals surface area contributed by atoms with Crippen LogP contribution < -0.4 is 10.6 Å². The smallest absolute Gasteiger partial charge is 0.273 e. The standard InChI is InChI=1S/C15H21N5O.ClH/c1-3-7-16-8-9-17-15(21)14-11-20(19-18-14)13-6-4-5-12(2)10-13;/h4-6,10-11,16H,3,7-9H2,1-2H3,(H,17,21);1H. The van der Waals surface area contributed by atoms with Gasteiger partial charge in [-0.05, 0) is 37.6 Å². The second-order valence-electron chi connectivity index (χ2n) is 4.89. The molecule has 0 atom stereocenters. The van der Waals surface area contributed by atoms with E-state index in [-0.39, 0.29) is 18.3 Å². The summed E-state index contributed by atoms with van der Waals surface area (Å²) in [5.41, 5.74) is 2.36. The van der Waals surface area contributed by atoms with Gasteiger partial charge in [-0.25, -0.2) is 4.68 Å². The zero-order valence-electron chi connectivity index (χ0n) is 12.9. The van der Waals surface area contributed by atoms with E-state index in [1.807, 2.05) is 31.2 Å². The Balaban J connectivity index is 0.00000242. The first kappa shape index (κ1) is 18.1. The molecule has 0 saturated carbocycles. The molecule has 0 saturated heterocycles. The van der Waals surface area contributed by atoms with Crippen LogP contribution in [0.1, 0.15) is 29.4 Å². The van der Waals surface area contributed by atoms with Crippen LogP contribution in [0.4, 0.5) is 0 Å². The van der Waals surface area contributed by atoms with Crippen molar-refractivity contribution in [3.63, 3.8) is 0 Å². The van der Waals surface area contributed by atoms with Crippen molar-refractivity contribution in [2.24, 2.45) is 0 Å². The zero-order chi connectivity index (χ0) is 15.1. The Morgan fingerprint density at radius 1 is 1.27 bits per heavy atom. The van der Waals surface area contributed by atoms with Crippen molar-refractivity contribution in [3.8, 4) is 5.69 Å². The molecule has 0 radical (unpaired) electrons. The zero-order valence-corrected chi connectivity index (χ0v) is 13.7. The van der Waals surface area contributed by atoms with Crippen LogP contribution in [0.25, 0.3) is 5.69 Å². The molecule has 0 aliphatic carbocycles. The van der Waals surface area contributed by atoms with E-state index >= 15 is 0 Å². The SMILES string of the molecule is CCCNCCNC(=O)c1cn(-c2cccc(C)c2)nn1.Cl. The van der Waals surface area contributed by atoms with E-state index in [0.29, 0.717) is 12.2 Å². The van der Waals surface area contributed by atoms with Gasteiger partial charge < -0.3 is 10.6 Å². The number of carbonyl (C=O) groups is 1. The largest absolute Gasteiger partial charge is 0.349 e. The van der Waals surface area contributed by atoms with Crippen LogP contribution in [0.5, 0.6) is 0 Å². The van der Waals surface area contributed by atoms with Gasteiger partial charge in [0.25, 0.3) is 5.91 Å². The van der Waals surface area contributed by atoms with Gasteiger partial charge >= 0.3 is 0 Å². The Hall–Kier alpha value is -1.92. The van der Waals surface area contributed by atoms with Crippen LogP contribution in [0.15, 0.2) is 30.5 Å². The number of benzene rings is 1. The van der Waals surface area contributed by atoms with E-state index in [1.54, 1.807) is 10.9 Å². The Bertz CT molecular complexity index is 599. The molecule has 1 heterocycles. The van der Waals surface area contributed by atoms with Gasteiger partial charge in [-0.1, -0.05) is 24.3 Å². The van der Waals surface area contributed by atoms with Crippen LogP contribution >= 0.6 is 12.4 Å². The number of aromatic nitrogens is 3. The fourth-order valence-electron chi connectivity index (χ4n) is 1.92. The first-order valence-electron chi connectivity index (χ1n) is 7.19. The minimum absolute atomic E-state index is 0. The van der Waals surface area contributed by atoms with Gasteiger partial charge in [0.1, 0.15) is 0 Å². The molecule has 22 heavy (non-hydrogen) atoms. The minimum atomic E-state index is -0.202. The van der Waals surface area contributed by atoms with E-state index in [4.69, 9.17) is 0 Å². The summed E-state index contributed by atoms with van der Waals surface area (Å²) in [5.74, 6) is -0.202. The number of nitrogens with zero attached hydrogens (tertiary/aromatic N) is 3. The van der Waals surface area contributed by atoms with Crippen LogP contribution in [0.2, 0.25) is 0 Å². The highest BCUT2D eigenvalue weighted by molar-refractivity contribution is 5.91.